The summed E-state index contributed by atoms with van der Waals surface area (Å²) in [5.41, 5.74) is 0.299. The predicted molar refractivity (Wildman–Crippen MR) is 53.9 cm³/mol. The SMILES string of the molecule is CCOC(=O)C(=O)C=C([O-])c1ccncc1.[Li+]. The molecule has 0 aliphatic rings. The summed E-state index contributed by atoms with van der Waals surface area (Å²) in [5, 5.41) is 11.5. The molecule has 1 heterocycles. The zero-order chi connectivity index (χ0) is 12.0. The maximum Gasteiger partial charge on any atom is 1.00 e. The number of aromatic nitrogens is 1. The summed E-state index contributed by atoms with van der Waals surface area (Å²) in [4.78, 5) is 25.8. The van der Waals surface area contributed by atoms with Crippen molar-refractivity contribution in [3.63, 3.8) is 0 Å². The van der Waals surface area contributed by atoms with Gasteiger partial charge in [-0.3, -0.25) is 9.78 Å². The van der Waals surface area contributed by atoms with Gasteiger partial charge in [0.15, 0.2) is 0 Å². The summed E-state index contributed by atoms with van der Waals surface area (Å²) in [5.74, 6) is -2.52. The molecule has 0 aliphatic carbocycles. The molecule has 0 aromatic carbocycles. The number of carbonyl (C=O) groups excluding carboxylic acids is 2. The molecule has 0 fully saturated rings. The average Bonchev–Trinajstić information content (AvgIpc) is 2.30. The van der Waals surface area contributed by atoms with Crippen LogP contribution in [0.2, 0.25) is 0 Å². The molecule has 0 saturated carbocycles. The second-order valence-corrected chi connectivity index (χ2v) is 2.83. The van der Waals surface area contributed by atoms with Crippen LogP contribution in [0.15, 0.2) is 30.6 Å². The fourth-order valence-electron chi connectivity index (χ4n) is 0.980. The number of ketones is 1. The Morgan fingerprint density at radius 3 is 2.53 bits per heavy atom. The smallest absolute Gasteiger partial charge is 0.872 e. The molecule has 1 aromatic heterocycles. The van der Waals surface area contributed by atoms with Gasteiger partial charge in [0.1, 0.15) is 0 Å². The standard InChI is InChI=1S/C11H11NO4.Li/c1-2-16-11(15)10(14)7-9(13)8-3-5-12-6-4-8;/h3-7,13H,2H2,1H3;/q;+1/p-1. The Bertz CT molecular complexity index is 417. The molecule has 0 atom stereocenters. The molecule has 0 unspecified atom stereocenters. The van der Waals surface area contributed by atoms with Crippen molar-refractivity contribution in [2.24, 2.45) is 0 Å². The van der Waals surface area contributed by atoms with E-state index in [1.165, 1.54) is 24.5 Å². The van der Waals surface area contributed by atoms with Gasteiger partial charge in [-0.15, -0.1) is 0 Å². The minimum absolute atomic E-state index is 0. The first-order valence-electron chi connectivity index (χ1n) is 4.65. The summed E-state index contributed by atoms with van der Waals surface area (Å²) < 4.78 is 4.46. The van der Waals surface area contributed by atoms with Gasteiger partial charge in [-0.2, -0.15) is 0 Å². The minimum atomic E-state index is -1.02. The van der Waals surface area contributed by atoms with E-state index in [0.717, 1.165) is 0 Å². The molecule has 0 bridgehead atoms. The van der Waals surface area contributed by atoms with Gasteiger partial charge in [-0.1, -0.05) is 5.76 Å². The number of esters is 1. The van der Waals surface area contributed by atoms with Gasteiger partial charge in [0, 0.05) is 12.4 Å². The summed E-state index contributed by atoms with van der Waals surface area (Å²) in [6, 6.07) is 2.91. The largest absolute Gasteiger partial charge is 1.00 e. The summed E-state index contributed by atoms with van der Waals surface area (Å²) in [6.45, 7) is 1.68. The molecular formula is C11H10LiNO4. The first kappa shape index (κ1) is 15.4. The molecule has 0 aliphatic heterocycles. The molecule has 1 rings (SSSR count). The molecule has 17 heavy (non-hydrogen) atoms. The van der Waals surface area contributed by atoms with Crippen molar-refractivity contribution in [2.45, 2.75) is 6.92 Å². The van der Waals surface area contributed by atoms with Crippen LogP contribution in [0.3, 0.4) is 0 Å². The first-order valence-corrected chi connectivity index (χ1v) is 4.65. The Kier molecular flexibility index (Phi) is 6.95. The van der Waals surface area contributed by atoms with E-state index < -0.39 is 17.5 Å². The normalized spacial score (nSPS) is 10.3. The number of hydrogen-bond acceptors (Lipinski definition) is 5. The van der Waals surface area contributed by atoms with Crippen molar-refractivity contribution in [3.05, 3.63) is 36.2 Å². The summed E-state index contributed by atoms with van der Waals surface area (Å²) in [6.07, 6.45) is 3.57. The predicted octanol–water partition coefficient (Wildman–Crippen LogP) is -3.08. The van der Waals surface area contributed by atoms with Gasteiger partial charge in [-0.05, 0) is 30.7 Å². The third-order valence-corrected chi connectivity index (χ3v) is 1.70. The van der Waals surface area contributed by atoms with Crippen LogP contribution in [0, 0.1) is 0 Å². The molecule has 0 saturated heterocycles. The summed E-state index contributed by atoms with van der Waals surface area (Å²) in [7, 11) is 0. The van der Waals surface area contributed by atoms with E-state index >= 15 is 0 Å². The molecule has 6 heteroatoms. The molecule has 1 aromatic rings. The van der Waals surface area contributed by atoms with E-state index in [9.17, 15) is 14.7 Å². The number of rotatable bonds is 4. The zero-order valence-corrected chi connectivity index (χ0v) is 9.67. The van der Waals surface area contributed by atoms with E-state index in [2.05, 4.69) is 9.72 Å². The van der Waals surface area contributed by atoms with Crippen molar-refractivity contribution in [2.75, 3.05) is 6.61 Å². The van der Waals surface area contributed by atoms with Crippen LogP contribution in [0.1, 0.15) is 12.5 Å². The fourth-order valence-corrected chi connectivity index (χ4v) is 0.980. The van der Waals surface area contributed by atoms with E-state index in [1.807, 2.05) is 0 Å². The van der Waals surface area contributed by atoms with Crippen LogP contribution in [-0.2, 0) is 14.3 Å². The van der Waals surface area contributed by atoms with Gasteiger partial charge in [0.2, 0.25) is 0 Å². The van der Waals surface area contributed by atoms with Gasteiger partial charge < -0.3 is 9.84 Å². The van der Waals surface area contributed by atoms with Gasteiger partial charge in [-0.25, -0.2) is 4.79 Å². The first-order chi connectivity index (χ1) is 7.65. The average molecular weight is 227 g/mol. The van der Waals surface area contributed by atoms with E-state index in [4.69, 9.17) is 0 Å². The van der Waals surface area contributed by atoms with Crippen LogP contribution in [-0.4, -0.2) is 23.3 Å². The Morgan fingerprint density at radius 1 is 1.41 bits per heavy atom. The van der Waals surface area contributed by atoms with Crippen LogP contribution < -0.4 is 24.0 Å². The van der Waals surface area contributed by atoms with Crippen LogP contribution >= 0.6 is 0 Å². The Hall–Kier alpha value is -1.57. The molecule has 5 nitrogen and oxygen atoms in total. The fraction of sp³-hybridized carbons (Fsp3) is 0.182. The number of carbonyl (C=O) groups is 2. The van der Waals surface area contributed by atoms with Gasteiger partial charge in [0.25, 0.3) is 5.78 Å². The number of ether oxygens (including phenoxy) is 1. The molecule has 0 N–H and O–H groups in total. The third kappa shape index (κ3) is 4.85. The van der Waals surface area contributed by atoms with E-state index in [-0.39, 0.29) is 25.5 Å². The van der Waals surface area contributed by atoms with Gasteiger partial charge in [0.05, 0.1) is 6.61 Å². The second kappa shape index (κ2) is 7.66. The van der Waals surface area contributed by atoms with E-state index in [0.29, 0.717) is 11.6 Å². The topological polar surface area (TPSA) is 79.3 Å². The second-order valence-electron chi connectivity index (χ2n) is 2.83. The van der Waals surface area contributed by atoms with Crippen molar-refractivity contribution < 1.29 is 38.3 Å². The zero-order valence-electron chi connectivity index (χ0n) is 9.67. The quantitative estimate of drug-likeness (QED) is 0.179. The Balaban J connectivity index is 0.00000256. The van der Waals surface area contributed by atoms with Crippen LogP contribution in [0.25, 0.3) is 5.76 Å². The molecule has 0 amide bonds. The van der Waals surface area contributed by atoms with E-state index in [1.54, 1.807) is 6.92 Å². The number of pyridine rings is 1. The van der Waals surface area contributed by atoms with Crippen molar-refractivity contribution in [1.29, 1.82) is 0 Å². The van der Waals surface area contributed by atoms with Gasteiger partial charge >= 0.3 is 24.8 Å². The van der Waals surface area contributed by atoms with Crippen molar-refractivity contribution in [3.8, 4) is 0 Å². The third-order valence-electron chi connectivity index (χ3n) is 1.70. The van der Waals surface area contributed by atoms with Crippen molar-refractivity contribution >= 4 is 17.5 Å². The maximum absolute atomic E-state index is 11.5. The molecule has 0 radical (unpaired) electrons. The van der Waals surface area contributed by atoms with Crippen LogP contribution in [0.5, 0.6) is 0 Å². The number of nitrogens with zero attached hydrogens (tertiary/aromatic N) is 1. The molecule has 0 spiro atoms. The molecular weight excluding hydrogens is 217 g/mol. The summed E-state index contributed by atoms with van der Waals surface area (Å²) >= 11 is 0. The molecule has 84 valence electrons. The van der Waals surface area contributed by atoms with Crippen molar-refractivity contribution in [1.82, 2.24) is 4.98 Å². The monoisotopic (exact) mass is 227 g/mol. The minimum Gasteiger partial charge on any atom is -0.872 e. The Morgan fingerprint density at radius 2 is 2.00 bits per heavy atom. The number of hydrogen-bond donors (Lipinski definition) is 0. The van der Waals surface area contributed by atoms with Crippen LogP contribution in [0.4, 0.5) is 0 Å². The Labute approximate surface area is 111 Å². The maximum atomic E-state index is 11.5.